The van der Waals surface area contributed by atoms with Crippen molar-refractivity contribution in [1.29, 1.82) is 0 Å². The highest BCUT2D eigenvalue weighted by molar-refractivity contribution is 5.96. The van der Waals surface area contributed by atoms with E-state index in [1.165, 1.54) is 0 Å². The summed E-state index contributed by atoms with van der Waals surface area (Å²) in [6, 6.07) is 1.81. The highest BCUT2D eigenvalue weighted by Gasteiger charge is 2.00. The van der Waals surface area contributed by atoms with Gasteiger partial charge in [-0.15, -0.1) is 0 Å². The molecule has 1 aromatic heterocycles. The molecule has 0 unspecified atom stereocenters. The molecule has 0 radical (unpaired) electrons. The van der Waals surface area contributed by atoms with E-state index in [4.69, 9.17) is 5.84 Å². The number of nitrogens with zero attached hydrogens (tertiary/aromatic N) is 2. The molecule has 0 spiro atoms. The number of hydrogen-bond donors (Lipinski definition) is 3. The Kier molecular flexibility index (Phi) is 3.28. The molecule has 66 valence electrons. The second-order valence-corrected chi connectivity index (χ2v) is 2.34. The molecule has 1 rings (SSSR count). The van der Waals surface area contributed by atoms with E-state index in [0.29, 0.717) is 5.84 Å². The van der Waals surface area contributed by atoms with Gasteiger partial charge in [0.1, 0.15) is 5.69 Å². The first-order valence-electron chi connectivity index (χ1n) is 3.89. The first-order valence-corrected chi connectivity index (χ1v) is 3.89. The minimum absolute atomic E-state index is 0.648. The quantitative estimate of drug-likeness (QED) is 0.257. The van der Waals surface area contributed by atoms with Crippen LogP contribution in [0.15, 0.2) is 17.3 Å². The molecule has 0 atom stereocenters. The van der Waals surface area contributed by atoms with Crippen LogP contribution in [0.5, 0.6) is 0 Å². The Bertz CT molecular complexity index is 238. The average molecular weight is 167 g/mol. The average Bonchev–Trinajstić information content (AvgIpc) is 2.59. The molecule has 5 heteroatoms. The van der Waals surface area contributed by atoms with Gasteiger partial charge in [0.2, 0.25) is 0 Å². The summed E-state index contributed by atoms with van der Waals surface area (Å²) < 4.78 is 0. The predicted octanol–water partition coefficient (Wildman–Crippen LogP) is 0.0296. The highest BCUT2D eigenvalue weighted by atomic mass is 15.3. The molecule has 0 aliphatic rings. The van der Waals surface area contributed by atoms with E-state index in [-0.39, 0.29) is 0 Å². The van der Waals surface area contributed by atoms with E-state index < -0.39 is 0 Å². The van der Waals surface area contributed by atoms with Crippen molar-refractivity contribution in [2.45, 2.75) is 13.3 Å². The SMILES string of the molecule is CCCN=C(NN)c1ccn[nH]1. The van der Waals surface area contributed by atoms with Crippen LogP contribution in [0.4, 0.5) is 0 Å². The van der Waals surface area contributed by atoms with Crippen LogP contribution in [0.25, 0.3) is 0 Å². The molecule has 5 nitrogen and oxygen atoms in total. The predicted molar refractivity (Wildman–Crippen MR) is 47.6 cm³/mol. The molecule has 4 N–H and O–H groups in total. The molecular weight excluding hydrogens is 154 g/mol. The second-order valence-electron chi connectivity index (χ2n) is 2.34. The van der Waals surface area contributed by atoms with Crippen molar-refractivity contribution in [3.05, 3.63) is 18.0 Å². The fraction of sp³-hybridized carbons (Fsp3) is 0.429. The number of hydrazine groups is 1. The van der Waals surface area contributed by atoms with Crippen molar-refractivity contribution in [3.8, 4) is 0 Å². The van der Waals surface area contributed by atoms with Gasteiger partial charge >= 0.3 is 0 Å². The minimum Gasteiger partial charge on any atom is -0.307 e. The van der Waals surface area contributed by atoms with Gasteiger partial charge < -0.3 is 5.43 Å². The minimum atomic E-state index is 0.648. The molecule has 0 bridgehead atoms. The second kappa shape index (κ2) is 4.50. The molecule has 0 aliphatic carbocycles. The maximum Gasteiger partial charge on any atom is 0.160 e. The lowest BCUT2D eigenvalue weighted by molar-refractivity contribution is 0.902. The first kappa shape index (κ1) is 8.73. The van der Waals surface area contributed by atoms with Crippen LogP contribution < -0.4 is 11.3 Å². The largest absolute Gasteiger partial charge is 0.307 e. The van der Waals surface area contributed by atoms with Crippen molar-refractivity contribution < 1.29 is 0 Å². The van der Waals surface area contributed by atoms with Crippen molar-refractivity contribution >= 4 is 5.84 Å². The van der Waals surface area contributed by atoms with Crippen LogP contribution in [0, 0.1) is 0 Å². The zero-order valence-electron chi connectivity index (χ0n) is 7.04. The molecule has 1 heterocycles. The Morgan fingerprint density at radius 2 is 2.67 bits per heavy atom. The summed E-state index contributed by atoms with van der Waals surface area (Å²) >= 11 is 0. The molecule has 12 heavy (non-hydrogen) atoms. The van der Waals surface area contributed by atoms with Gasteiger partial charge in [0.25, 0.3) is 0 Å². The molecule has 0 amide bonds. The van der Waals surface area contributed by atoms with Crippen LogP contribution in [-0.2, 0) is 0 Å². The first-order chi connectivity index (χ1) is 5.88. The van der Waals surface area contributed by atoms with Crippen molar-refractivity contribution in [3.63, 3.8) is 0 Å². The van der Waals surface area contributed by atoms with E-state index in [9.17, 15) is 0 Å². The van der Waals surface area contributed by atoms with Crippen LogP contribution in [-0.4, -0.2) is 22.6 Å². The van der Waals surface area contributed by atoms with E-state index in [2.05, 4.69) is 27.5 Å². The molecule has 1 aromatic rings. The van der Waals surface area contributed by atoms with Gasteiger partial charge in [0.15, 0.2) is 5.84 Å². The summed E-state index contributed by atoms with van der Waals surface area (Å²) in [4.78, 5) is 4.21. The third-order valence-electron chi connectivity index (χ3n) is 1.39. The highest BCUT2D eigenvalue weighted by Crippen LogP contribution is 1.92. The fourth-order valence-electron chi connectivity index (χ4n) is 0.820. The van der Waals surface area contributed by atoms with Crippen molar-refractivity contribution in [2.75, 3.05) is 6.54 Å². The number of nitrogens with two attached hydrogens (primary N) is 1. The fourth-order valence-corrected chi connectivity index (χ4v) is 0.820. The van der Waals surface area contributed by atoms with Crippen LogP contribution in [0.1, 0.15) is 19.0 Å². The molecule has 0 fully saturated rings. The Morgan fingerprint density at radius 3 is 3.17 bits per heavy atom. The van der Waals surface area contributed by atoms with E-state index in [1.54, 1.807) is 6.20 Å². The number of amidine groups is 1. The molecule has 0 saturated heterocycles. The Morgan fingerprint density at radius 1 is 1.83 bits per heavy atom. The summed E-state index contributed by atoms with van der Waals surface area (Å²) in [7, 11) is 0. The van der Waals surface area contributed by atoms with E-state index in [1.807, 2.05) is 6.07 Å². The van der Waals surface area contributed by atoms with Gasteiger partial charge in [-0.25, -0.2) is 5.84 Å². The molecule has 0 aromatic carbocycles. The number of nitrogens with one attached hydrogen (secondary N) is 2. The van der Waals surface area contributed by atoms with Gasteiger partial charge in [0.05, 0.1) is 0 Å². The maximum atomic E-state index is 5.28. The van der Waals surface area contributed by atoms with Gasteiger partial charge in [-0.3, -0.25) is 10.1 Å². The smallest absolute Gasteiger partial charge is 0.160 e. The van der Waals surface area contributed by atoms with Crippen LogP contribution in [0.3, 0.4) is 0 Å². The van der Waals surface area contributed by atoms with Crippen molar-refractivity contribution in [2.24, 2.45) is 10.8 Å². The summed E-state index contributed by atoms with van der Waals surface area (Å²) in [5, 5.41) is 6.57. The molecule has 0 aliphatic heterocycles. The zero-order chi connectivity index (χ0) is 8.81. The Hall–Kier alpha value is -1.36. The number of aromatic nitrogens is 2. The lowest BCUT2D eigenvalue weighted by Gasteiger charge is -2.01. The number of aliphatic imine (C=N–C) groups is 1. The van der Waals surface area contributed by atoms with Crippen LogP contribution >= 0.6 is 0 Å². The Balaban J connectivity index is 2.69. The number of aromatic amines is 1. The summed E-state index contributed by atoms with van der Waals surface area (Å²) in [6.07, 6.45) is 2.66. The maximum absolute atomic E-state index is 5.28. The van der Waals surface area contributed by atoms with E-state index >= 15 is 0 Å². The standard InChI is InChI=1S/C7H13N5/c1-2-4-9-7(11-8)6-3-5-10-12-6/h3,5H,2,4,8H2,1H3,(H,9,11)(H,10,12). The van der Waals surface area contributed by atoms with Gasteiger partial charge in [-0.05, 0) is 12.5 Å². The monoisotopic (exact) mass is 167 g/mol. The normalized spacial score (nSPS) is 11.7. The topological polar surface area (TPSA) is 79.1 Å². The number of H-pyrrole nitrogens is 1. The number of rotatable bonds is 3. The molecule has 0 saturated carbocycles. The third-order valence-corrected chi connectivity index (χ3v) is 1.39. The number of hydrogen-bond acceptors (Lipinski definition) is 3. The lowest BCUT2D eigenvalue weighted by Crippen LogP contribution is -2.31. The zero-order valence-corrected chi connectivity index (χ0v) is 7.04. The Labute approximate surface area is 71.0 Å². The van der Waals surface area contributed by atoms with Gasteiger partial charge in [-0.1, -0.05) is 6.92 Å². The molecular formula is C7H13N5. The van der Waals surface area contributed by atoms with Gasteiger partial charge in [0, 0.05) is 12.7 Å². The van der Waals surface area contributed by atoms with Gasteiger partial charge in [-0.2, -0.15) is 5.10 Å². The van der Waals surface area contributed by atoms with Crippen molar-refractivity contribution in [1.82, 2.24) is 15.6 Å². The van der Waals surface area contributed by atoms with Crippen LogP contribution in [0.2, 0.25) is 0 Å². The summed E-state index contributed by atoms with van der Waals surface area (Å²) in [5.74, 6) is 5.92. The summed E-state index contributed by atoms with van der Waals surface area (Å²) in [5.41, 5.74) is 3.33. The summed E-state index contributed by atoms with van der Waals surface area (Å²) in [6.45, 7) is 2.82. The third kappa shape index (κ3) is 2.06. The van der Waals surface area contributed by atoms with E-state index in [0.717, 1.165) is 18.7 Å². The lowest BCUT2D eigenvalue weighted by atomic mass is 10.4.